The second-order valence-corrected chi connectivity index (χ2v) is 4.91. The van der Waals surface area contributed by atoms with E-state index >= 15 is 0 Å². The van der Waals surface area contributed by atoms with Crippen LogP contribution in [0.25, 0.3) is 5.13 Å². The molecule has 19 heavy (non-hydrogen) atoms. The summed E-state index contributed by atoms with van der Waals surface area (Å²) in [5, 5.41) is 17.0. The molecule has 7 nitrogen and oxygen atoms in total. The fourth-order valence-electron chi connectivity index (χ4n) is 2.02. The van der Waals surface area contributed by atoms with E-state index in [1.807, 2.05) is 0 Å². The van der Waals surface area contributed by atoms with Crippen molar-refractivity contribution in [2.45, 2.75) is 26.7 Å². The second-order valence-electron chi connectivity index (χ2n) is 4.10. The van der Waals surface area contributed by atoms with E-state index in [0.717, 1.165) is 0 Å². The molecule has 0 radical (unpaired) electrons. The molecule has 0 aliphatic rings. The molecule has 1 N–H and O–H groups in total. The van der Waals surface area contributed by atoms with Crippen molar-refractivity contribution in [2.24, 2.45) is 0 Å². The number of hydrogen-bond acceptors (Lipinski definition) is 6. The van der Waals surface area contributed by atoms with Gasteiger partial charge in [-0.2, -0.15) is 4.98 Å². The fraction of sp³-hybridized carbons (Fsp3) is 0.364. The third kappa shape index (κ3) is 2.26. The molecule has 1 atom stereocenters. The number of carbonyl (C=O) groups is 1. The maximum Gasteiger partial charge on any atom is 0.354 e. The second kappa shape index (κ2) is 4.88. The molecule has 0 aromatic carbocycles. The summed E-state index contributed by atoms with van der Waals surface area (Å²) in [6.07, 6.45) is 0. The quantitative estimate of drug-likeness (QED) is 0.896. The largest absolute Gasteiger partial charge is 0.481 e. The summed E-state index contributed by atoms with van der Waals surface area (Å²) in [5.74, 6) is -1.71. The Labute approximate surface area is 112 Å². The predicted octanol–water partition coefficient (Wildman–Crippen LogP) is 0.889. The average Bonchev–Trinajstić information content (AvgIpc) is 2.81. The molecule has 2 aromatic heterocycles. The number of hydrogen-bond donors (Lipinski definition) is 1. The van der Waals surface area contributed by atoms with Gasteiger partial charge in [0.15, 0.2) is 0 Å². The van der Waals surface area contributed by atoms with Crippen LogP contribution in [-0.2, 0) is 4.79 Å². The average molecular weight is 280 g/mol. The SMILES string of the molecule is Cc1nc(=O)n(-c2nncs2)c(C)c1C(C)C(=O)O. The summed E-state index contributed by atoms with van der Waals surface area (Å²) in [4.78, 5) is 27.0. The van der Waals surface area contributed by atoms with Gasteiger partial charge in [0, 0.05) is 17.0 Å². The molecule has 2 aromatic rings. The molecule has 0 spiro atoms. The predicted molar refractivity (Wildman–Crippen MR) is 68.8 cm³/mol. The number of carboxylic acid groups (broad SMARTS) is 1. The van der Waals surface area contributed by atoms with Crippen molar-refractivity contribution >= 4 is 17.3 Å². The Bertz CT molecular complexity index is 678. The standard InChI is InChI=1S/C11H12N4O3S/c1-5(9(16)17)8-6(2)13-10(18)15(7(8)3)11-14-12-4-19-11/h4-5H,1-3H3,(H,16,17). The monoisotopic (exact) mass is 280 g/mol. The van der Waals surface area contributed by atoms with Gasteiger partial charge in [-0.25, -0.2) is 9.36 Å². The molecule has 0 bridgehead atoms. The zero-order chi connectivity index (χ0) is 14.2. The zero-order valence-corrected chi connectivity index (χ0v) is 11.4. The minimum Gasteiger partial charge on any atom is -0.481 e. The smallest absolute Gasteiger partial charge is 0.354 e. The van der Waals surface area contributed by atoms with Crippen LogP contribution in [0.1, 0.15) is 29.8 Å². The Morgan fingerprint density at radius 3 is 2.68 bits per heavy atom. The van der Waals surface area contributed by atoms with Crippen LogP contribution in [0.15, 0.2) is 10.3 Å². The summed E-state index contributed by atoms with van der Waals surface area (Å²) in [7, 11) is 0. The number of nitrogens with zero attached hydrogens (tertiary/aromatic N) is 4. The van der Waals surface area contributed by atoms with Crippen LogP contribution in [0.3, 0.4) is 0 Å². The first kappa shape index (κ1) is 13.3. The van der Waals surface area contributed by atoms with Gasteiger partial charge in [0.05, 0.1) is 5.92 Å². The Hall–Kier alpha value is -2.09. The maximum absolute atomic E-state index is 11.9. The van der Waals surface area contributed by atoms with Crippen molar-refractivity contribution in [2.75, 3.05) is 0 Å². The maximum atomic E-state index is 11.9. The van der Waals surface area contributed by atoms with Crippen LogP contribution in [0.5, 0.6) is 0 Å². The van der Waals surface area contributed by atoms with Gasteiger partial charge in [-0.3, -0.25) is 4.79 Å². The lowest BCUT2D eigenvalue weighted by Gasteiger charge is -2.16. The van der Waals surface area contributed by atoms with Gasteiger partial charge in [0.2, 0.25) is 5.13 Å². The van der Waals surface area contributed by atoms with Gasteiger partial charge in [0.1, 0.15) is 5.51 Å². The first-order valence-corrected chi connectivity index (χ1v) is 6.41. The number of aromatic nitrogens is 4. The molecule has 8 heteroatoms. The van der Waals surface area contributed by atoms with E-state index in [0.29, 0.717) is 22.1 Å². The van der Waals surface area contributed by atoms with Crippen molar-refractivity contribution < 1.29 is 9.90 Å². The lowest BCUT2D eigenvalue weighted by atomic mass is 9.98. The van der Waals surface area contributed by atoms with E-state index in [2.05, 4.69) is 15.2 Å². The molecular weight excluding hydrogens is 268 g/mol. The number of rotatable bonds is 3. The fourth-order valence-corrected chi connectivity index (χ4v) is 2.62. The highest BCUT2D eigenvalue weighted by Crippen LogP contribution is 2.23. The summed E-state index contributed by atoms with van der Waals surface area (Å²) in [5.41, 5.74) is 2.51. The molecule has 1 unspecified atom stereocenters. The summed E-state index contributed by atoms with van der Waals surface area (Å²) >= 11 is 1.19. The molecule has 0 saturated carbocycles. The first-order valence-electron chi connectivity index (χ1n) is 5.53. The van der Waals surface area contributed by atoms with Crippen LogP contribution in [0, 0.1) is 13.8 Å². The Morgan fingerprint density at radius 1 is 1.47 bits per heavy atom. The van der Waals surface area contributed by atoms with Crippen molar-refractivity contribution in [3.05, 3.63) is 32.9 Å². The molecule has 0 aliphatic heterocycles. The van der Waals surface area contributed by atoms with E-state index in [1.165, 1.54) is 21.4 Å². The Morgan fingerprint density at radius 2 is 2.16 bits per heavy atom. The summed E-state index contributed by atoms with van der Waals surface area (Å²) < 4.78 is 1.29. The highest BCUT2D eigenvalue weighted by atomic mass is 32.1. The molecule has 100 valence electrons. The van der Waals surface area contributed by atoms with Gasteiger partial charge >= 0.3 is 11.7 Å². The Balaban J connectivity index is 2.74. The number of carboxylic acids is 1. The van der Waals surface area contributed by atoms with E-state index < -0.39 is 17.6 Å². The molecule has 0 fully saturated rings. The van der Waals surface area contributed by atoms with Crippen LogP contribution < -0.4 is 5.69 Å². The van der Waals surface area contributed by atoms with Crippen molar-refractivity contribution in [3.63, 3.8) is 0 Å². The van der Waals surface area contributed by atoms with E-state index in [1.54, 1.807) is 20.8 Å². The molecule has 2 heterocycles. The summed E-state index contributed by atoms with van der Waals surface area (Å²) in [6, 6.07) is 0. The number of aliphatic carboxylic acids is 1. The van der Waals surface area contributed by atoms with Gasteiger partial charge in [-0.1, -0.05) is 11.3 Å². The molecule has 0 saturated heterocycles. The van der Waals surface area contributed by atoms with Gasteiger partial charge in [-0.15, -0.1) is 10.2 Å². The van der Waals surface area contributed by atoms with E-state index in [4.69, 9.17) is 5.11 Å². The molecule has 0 amide bonds. The number of aryl methyl sites for hydroxylation is 1. The van der Waals surface area contributed by atoms with Crippen molar-refractivity contribution in [3.8, 4) is 5.13 Å². The van der Waals surface area contributed by atoms with Crippen LogP contribution in [-0.4, -0.2) is 30.8 Å². The normalized spacial score (nSPS) is 12.4. The van der Waals surface area contributed by atoms with Gasteiger partial charge < -0.3 is 5.11 Å². The first-order chi connectivity index (χ1) is 8.93. The van der Waals surface area contributed by atoms with Gasteiger partial charge in [-0.05, 0) is 20.8 Å². The van der Waals surface area contributed by atoms with Gasteiger partial charge in [0.25, 0.3) is 0 Å². The third-order valence-electron chi connectivity index (χ3n) is 2.91. The minimum atomic E-state index is -0.963. The topological polar surface area (TPSA) is 98.0 Å². The minimum absolute atomic E-state index is 0.383. The zero-order valence-electron chi connectivity index (χ0n) is 10.6. The molecular formula is C11H12N4O3S. The highest BCUT2D eigenvalue weighted by molar-refractivity contribution is 7.11. The lowest BCUT2D eigenvalue weighted by Crippen LogP contribution is -2.28. The third-order valence-corrected chi connectivity index (χ3v) is 3.59. The highest BCUT2D eigenvalue weighted by Gasteiger charge is 2.23. The summed E-state index contributed by atoms with van der Waals surface area (Å²) in [6.45, 7) is 4.88. The van der Waals surface area contributed by atoms with Crippen LogP contribution in [0.2, 0.25) is 0 Å². The van der Waals surface area contributed by atoms with Crippen molar-refractivity contribution in [1.29, 1.82) is 0 Å². The molecule has 0 aliphatic carbocycles. The van der Waals surface area contributed by atoms with E-state index in [-0.39, 0.29) is 0 Å². The Kier molecular flexibility index (Phi) is 3.43. The van der Waals surface area contributed by atoms with E-state index in [9.17, 15) is 9.59 Å². The van der Waals surface area contributed by atoms with Crippen LogP contribution in [0.4, 0.5) is 0 Å². The van der Waals surface area contributed by atoms with Crippen LogP contribution >= 0.6 is 11.3 Å². The lowest BCUT2D eigenvalue weighted by molar-refractivity contribution is -0.138. The van der Waals surface area contributed by atoms with Crippen molar-refractivity contribution in [1.82, 2.24) is 19.7 Å². The molecule has 2 rings (SSSR count).